The number of carbonyl (C=O) groups is 1. The Morgan fingerprint density at radius 2 is 2.22 bits per heavy atom. The Morgan fingerprint density at radius 3 is 2.91 bits per heavy atom. The molecule has 2 atom stereocenters. The van der Waals surface area contributed by atoms with E-state index in [2.05, 4.69) is 5.32 Å². The van der Waals surface area contributed by atoms with Crippen LogP contribution in [0.25, 0.3) is 0 Å². The molecule has 1 fully saturated rings. The Morgan fingerprint density at radius 1 is 1.39 bits per heavy atom. The van der Waals surface area contributed by atoms with Gasteiger partial charge in [0.1, 0.15) is 12.4 Å². The van der Waals surface area contributed by atoms with Crippen LogP contribution in [0, 0.1) is 5.92 Å². The third-order valence-electron chi connectivity index (χ3n) is 4.07. The SMILES string of the molecule is CCOCCOc1ccc(Cl)cc1NC(=O)C[C@@H]1CCC[C@H]1N. The molecule has 23 heavy (non-hydrogen) atoms. The van der Waals surface area contributed by atoms with Gasteiger partial charge in [0.25, 0.3) is 0 Å². The van der Waals surface area contributed by atoms with E-state index >= 15 is 0 Å². The van der Waals surface area contributed by atoms with Crippen molar-refractivity contribution in [3.8, 4) is 5.75 Å². The van der Waals surface area contributed by atoms with Gasteiger partial charge in [0.15, 0.2) is 0 Å². The molecule has 128 valence electrons. The lowest BCUT2D eigenvalue weighted by Gasteiger charge is -2.16. The number of nitrogens with one attached hydrogen (secondary N) is 1. The normalized spacial score (nSPS) is 20.5. The van der Waals surface area contributed by atoms with Crippen molar-refractivity contribution in [3.63, 3.8) is 0 Å². The second-order valence-electron chi connectivity index (χ2n) is 5.79. The fourth-order valence-corrected chi connectivity index (χ4v) is 3.01. The van der Waals surface area contributed by atoms with E-state index < -0.39 is 0 Å². The number of hydrogen-bond acceptors (Lipinski definition) is 4. The van der Waals surface area contributed by atoms with Gasteiger partial charge in [0.2, 0.25) is 5.91 Å². The van der Waals surface area contributed by atoms with Crippen molar-refractivity contribution in [2.75, 3.05) is 25.1 Å². The monoisotopic (exact) mass is 340 g/mol. The molecule has 5 nitrogen and oxygen atoms in total. The van der Waals surface area contributed by atoms with Gasteiger partial charge in [0.05, 0.1) is 12.3 Å². The highest BCUT2D eigenvalue weighted by atomic mass is 35.5. The quantitative estimate of drug-likeness (QED) is 0.713. The van der Waals surface area contributed by atoms with Crippen molar-refractivity contribution in [2.45, 2.75) is 38.6 Å². The van der Waals surface area contributed by atoms with Gasteiger partial charge < -0.3 is 20.5 Å². The second-order valence-corrected chi connectivity index (χ2v) is 6.23. The molecule has 0 saturated heterocycles. The minimum atomic E-state index is -0.0516. The van der Waals surface area contributed by atoms with E-state index in [4.69, 9.17) is 26.8 Å². The number of carbonyl (C=O) groups excluding carboxylic acids is 1. The summed E-state index contributed by atoms with van der Waals surface area (Å²) in [5.41, 5.74) is 6.62. The molecule has 6 heteroatoms. The summed E-state index contributed by atoms with van der Waals surface area (Å²) in [6, 6.07) is 5.32. The van der Waals surface area contributed by atoms with Gasteiger partial charge in [-0.3, -0.25) is 4.79 Å². The number of hydrogen-bond donors (Lipinski definition) is 2. The lowest BCUT2D eigenvalue weighted by Crippen LogP contribution is -2.28. The average Bonchev–Trinajstić information content (AvgIpc) is 2.90. The molecular weight excluding hydrogens is 316 g/mol. The van der Waals surface area contributed by atoms with E-state index in [1.165, 1.54) is 0 Å². The van der Waals surface area contributed by atoms with Gasteiger partial charge in [-0.25, -0.2) is 0 Å². The number of anilines is 1. The summed E-state index contributed by atoms with van der Waals surface area (Å²) >= 11 is 6.03. The Bertz CT molecular complexity index is 525. The predicted molar refractivity (Wildman–Crippen MR) is 92.0 cm³/mol. The van der Waals surface area contributed by atoms with Crippen molar-refractivity contribution in [1.82, 2.24) is 0 Å². The highest BCUT2D eigenvalue weighted by Gasteiger charge is 2.26. The Labute approximate surface area is 142 Å². The van der Waals surface area contributed by atoms with E-state index in [1.807, 2.05) is 6.92 Å². The van der Waals surface area contributed by atoms with Crippen LogP contribution in [0.5, 0.6) is 5.75 Å². The largest absolute Gasteiger partial charge is 0.489 e. The summed E-state index contributed by atoms with van der Waals surface area (Å²) < 4.78 is 10.9. The molecule has 1 aliphatic rings. The second kappa shape index (κ2) is 9.11. The molecule has 1 saturated carbocycles. The summed E-state index contributed by atoms with van der Waals surface area (Å²) in [6.07, 6.45) is 3.55. The highest BCUT2D eigenvalue weighted by Crippen LogP contribution is 2.30. The fourth-order valence-electron chi connectivity index (χ4n) is 2.84. The van der Waals surface area contributed by atoms with Crippen LogP contribution in [0.4, 0.5) is 5.69 Å². The number of nitrogens with two attached hydrogens (primary N) is 1. The zero-order chi connectivity index (χ0) is 16.7. The zero-order valence-corrected chi connectivity index (χ0v) is 14.3. The zero-order valence-electron chi connectivity index (χ0n) is 13.5. The topological polar surface area (TPSA) is 73.6 Å². The molecule has 0 bridgehead atoms. The molecule has 0 heterocycles. The third-order valence-corrected chi connectivity index (χ3v) is 4.31. The van der Waals surface area contributed by atoms with Crippen molar-refractivity contribution >= 4 is 23.2 Å². The number of benzene rings is 1. The highest BCUT2D eigenvalue weighted by molar-refractivity contribution is 6.31. The van der Waals surface area contributed by atoms with E-state index in [0.29, 0.717) is 42.7 Å². The van der Waals surface area contributed by atoms with Gasteiger partial charge in [-0.05, 0) is 43.9 Å². The lowest BCUT2D eigenvalue weighted by atomic mass is 10.00. The Kier molecular flexibility index (Phi) is 7.15. The van der Waals surface area contributed by atoms with Gasteiger partial charge >= 0.3 is 0 Å². The molecule has 1 aromatic carbocycles. The molecule has 1 aromatic rings. The van der Waals surface area contributed by atoms with Crippen LogP contribution in [0.3, 0.4) is 0 Å². The van der Waals surface area contributed by atoms with E-state index in [9.17, 15) is 4.79 Å². The summed E-state index contributed by atoms with van der Waals surface area (Å²) in [7, 11) is 0. The third kappa shape index (κ3) is 5.68. The van der Waals surface area contributed by atoms with E-state index in [1.54, 1.807) is 18.2 Å². The van der Waals surface area contributed by atoms with Gasteiger partial charge in [-0.2, -0.15) is 0 Å². The minimum Gasteiger partial charge on any atom is -0.489 e. The number of rotatable bonds is 8. The smallest absolute Gasteiger partial charge is 0.224 e. The predicted octanol–water partition coefficient (Wildman–Crippen LogP) is 3.21. The van der Waals surface area contributed by atoms with Crippen LogP contribution in [-0.4, -0.2) is 31.8 Å². The van der Waals surface area contributed by atoms with E-state index in [0.717, 1.165) is 19.3 Å². The number of halogens is 1. The molecule has 1 amide bonds. The van der Waals surface area contributed by atoms with Crippen molar-refractivity contribution in [3.05, 3.63) is 23.2 Å². The van der Waals surface area contributed by atoms with Crippen molar-refractivity contribution in [1.29, 1.82) is 0 Å². The lowest BCUT2D eigenvalue weighted by molar-refractivity contribution is -0.117. The molecule has 0 radical (unpaired) electrons. The van der Waals surface area contributed by atoms with Crippen LogP contribution < -0.4 is 15.8 Å². The van der Waals surface area contributed by atoms with Crippen LogP contribution in [0.15, 0.2) is 18.2 Å². The molecule has 1 aliphatic carbocycles. The first-order valence-electron chi connectivity index (χ1n) is 8.15. The molecular formula is C17H25ClN2O3. The molecule has 0 aliphatic heterocycles. The summed E-state index contributed by atoms with van der Waals surface area (Å²) in [4.78, 5) is 12.3. The molecule has 0 unspecified atom stereocenters. The van der Waals surface area contributed by atoms with Crippen LogP contribution in [0.2, 0.25) is 5.02 Å². The van der Waals surface area contributed by atoms with Crippen molar-refractivity contribution < 1.29 is 14.3 Å². The standard InChI is InChI=1S/C17H25ClN2O3/c1-2-22-8-9-23-16-7-6-13(18)11-15(16)20-17(21)10-12-4-3-5-14(12)19/h6-7,11-12,14H,2-5,8-10,19H2,1H3,(H,20,21)/t12-,14+/m0/s1. The summed E-state index contributed by atoms with van der Waals surface area (Å²) in [5.74, 6) is 0.805. The summed E-state index contributed by atoms with van der Waals surface area (Å²) in [6.45, 7) is 3.51. The first-order valence-corrected chi connectivity index (χ1v) is 8.53. The molecule has 2 rings (SSSR count). The molecule has 3 N–H and O–H groups in total. The van der Waals surface area contributed by atoms with Gasteiger partial charge in [-0.1, -0.05) is 18.0 Å². The Balaban J connectivity index is 1.94. The first kappa shape index (κ1) is 18.0. The van der Waals surface area contributed by atoms with Gasteiger partial charge in [-0.15, -0.1) is 0 Å². The minimum absolute atomic E-state index is 0.0516. The maximum absolute atomic E-state index is 12.3. The van der Waals surface area contributed by atoms with Crippen LogP contribution in [0.1, 0.15) is 32.6 Å². The van der Waals surface area contributed by atoms with E-state index in [-0.39, 0.29) is 17.9 Å². The number of amides is 1. The summed E-state index contributed by atoms with van der Waals surface area (Å²) in [5, 5.41) is 3.45. The van der Waals surface area contributed by atoms with Crippen LogP contribution >= 0.6 is 11.6 Å². The first-order chi connectivity index (χ1) is 11.1. The molecule has 0 aromatic heterocycles. The van der Waals surface area contributed by atoms with Crippen LogP contribution in [-0.2, 0) is 9.53 Å². The fraction of sp³-hybridized carbons (Fsp3) is 0.588. The maximum atomic E-state index is 12.3. The average molecular weight is 341 g/mol. The number of ether oxygens (including phenoxy) is 2. The molecule has 0 spiro atoms. The van der Waals surface area contributed by atoms with Crippen molar-refractivity contribution in [2.24, 2.45) is 11.7 Å². The maximum Gasteiger partial charge on any atom is 0.224 e. The van der Waals surface area contributed by atoms with Gasteiger partial charge in [0, 0.05) is 24.1 Å². The Hall–Kier alpha value is -1.30.